The van der Waals surface area contributed by atoms with Crippen molar-refractivity contribution in [2.45, 2.75) is 68.6 Å². The van der Waals surface area contributed by atoms with E-state index in [1.165, 1.54) is 31.4 Å². The molecule has 1 saturated carbocycles. The zero-order valence-electron chi connectivity index (χ0n) is 21.9. The number of sulfone groups is 1. The third kappa shape index (κ3) is 5.77. The first kappa shape index (κ1) is 30.0. The van der Waals surface area contributed by atoms with Crippen molar-refractivity contribution in [3.8, 4) is 0 Å². The van der Waals surface area contributed by atoms with Crippen LogP contribution in [-0.4, -0.2) is 54.1 Å². The summed E-state index contributed by atoms with van der Waals surface area (Å²) in [6.07, 6.45) is -1.73. The third-order valence-electron chi connectivity index (χ3n) is 8.18. The molecule has 1 aromatic rings. The number of ketones is 1. The summed E-state index contributed by atoms with van der Waals surface area (Å²) < 4.78 is 108. The number of fused-ring (bicyclic) bond motifs is 5. The maximum absolute atomic E-state index is 13.6. The number of allylic oxidation sites excluding steroid dienone is 1. The summed E-state index contributed by atoms with van der Waals surface area (Å²) in [6, 6.07) is 6.91. The van der Waals surface area contributed by atoms with Crippen molar-refractivity contribution in [3.05, 3.63) is 41.0 Å². The lowest BCUT2D eigenvalue weighted by Gasteiger charge is -2.43. The van der Waals surface area contributed by atoms with E-state index >= 15 is 0 Å². The zero-order chi connectivity index (χ0) is 28.8. The number of benzene rings is 1. The molecule has 0 amide bonds. The van der Waals surface area contributed by atoms with Crippen LogP contribution in [0.3, 0.4) is 0 Å². The first-order valence-electron chi connectivity index (χ1n) is 12.9. The Hall–Kier alpha value is -1.96. The van der Waals surface area contributed by atoms with Crippen molar-refractivity contribution in [2.75, 3.05) is 13.7 Å². The van der Waals surface area contributed by atoms with Gasteiger partial charge in [0, 0.05) is 32.5 Å². The summed E-state index contributed by atoms with van der Waals surface area (Å²) in [5, 5.41) is 0. The molecule has 8 nitrogen and oxygen atoms in total. The Kier molecular flexibility index (Phi) is 8.57. The first-order valence-corrected chi connectivity index (χ1v) is 15.8. The molecule has 6 atom stereocenters. The van der Waals surface area contributed by atoms with Gasteiger partial charge in [-0.05, 0) is 55.1 Å². The monoisotopic (exact) mass is 594 g/mol. The maximum atomic E-state index is 13.6. The fourth-order valence-corrected chi connectivity index (χ4v) is 8.68. The van der Waals surface area contributed by atoms with Crippen LogP contribution in [0.15, 0.2) is 45.9 Å². The Bertz CT molecular complexity index is 1310. The summed E-state index contributed by atoms with van der Waals surface area (Å²) >= 11 is 0. The van der Waals surface area contributed by atoms with Gasteiger partial charge in [-0.25, -0.2) is 8.42 Å². The number of methoxy groups -OCH3 is 1. The van der Waals surface area contributed by atoms with E-state index in [1.54, 1.807) is 6.07 Å². The number of alkyl halides is 3. The van der Waals surface area contributed by atoms with Gasteiger partial charge in [0.1, 0.15) is 11.9 Å². The van der Waals surface area contributed by atoms with Gasteiger partial charge in [-0.1, -0.05) is 32.0 Å². The molecular weight excluding hydrogens is 561 g/mol. The largest absolute Gasteiger partial charge is 0.534 e. The summed E-state index contributed by atoms with van der Waals surface area (Å²) in [4.78, 5) is 12.6. The van der Waals surface area contributed by atoms with Crippen molar-refractivity contribution in [3.63, 3.8) is 0 Å². The summed E-state index contributed by atoms with van der Waals surface area (Å²) in [7, 11) is -9.20. The van der Waals surface area contributed by atoms with Crippen molar-refractivity contribution < 1.29 is 48.5 Å². The number of ether oxygens (including phenoxy) is 2. The average molecular weight is 595 g/mol. The molecule has 0 spiro atoms. The summed E-state index contributed by atoms with van der Waals surface area (Å²) in [5.41, 5.74) is -5.79. The van der Waals surface area contributed by atoms with Crippen molar-refractivity contribution >= 4 is 25.7 Å². The molecule has 1 aliphatic carbocycles. The second-order valence-electron chi connectivity index (χ2n) is 10.8. The molecule has 0 aromatic heterocycles. The predicted octanol–water partition coefficient (Wildman–Crippen LogP) is 4.62. The quantitative estimate of drug-likeness (QED) is 0.332. The number of hydrogen-bond donors (Lipinski definition) is 0. The number of carbonyl (C=O) groups excluding carboxylic acids is 1. The van der Waals surface area contributed by atoms with Crippen LogP contribution in [0.5, 0.6) is 0 Å². The highest BCUT2D eigenvalue weighted by Crippen LogP contribution is 2.53. The lowest BCUT2D eigenvalue weighted by atomic mass is 9.60. The van der Waals surface area contributed by atoms with Gasteiger partial charge in [0.2, 0.25) is 9.84 Å². The van der Waals surface area contributed by atoms with Crippen LogP contribution in [0, 0.1) is 29.6 Å². The van der Waals surface area contributed by atoms with Crippen LogP contribution < -0.4 is 0 Å². The van der Waals surface area contributed by atoms with Gasteiger partial charge in [0.05, 0.1) is 15.9 Å². The minimum absolute atomic E-state index is 0.0845. The average Bonchev–Trinajstić information content (AvgIpc) is 3.25. The van der Waals surface area contributed by atoms with Crippen molar-refractivity contribution in [2.24, 2.45) is 29.6 Å². The Balaban J connectivity index is 1.88. The molecule has 0 N–H and O–H groups in total. The molecule has 13 heteroatoms. The van der Waals surface area contributed by atoms with E-state index in [4.69, 9.17) is 9.47 Å². The van der Waals surface area contributed by atoms with E-state index in [0.717, 1.165) is 6.42 Å². The Morgan fingerprint density at radius 3 is 2.28 bits per heavy atom. The van der Waals surface area contributed by atoms with Gasteiger partial charge < -0.3 is 13.7 Å². The third-order valence-corrected chi connectivity index (χ3v) is 11.1. The van der Waals surface area contributed by atoms with E-state index in [9.17, 15) is 34.8 Å². The molecule has 4 rings (SSSR count). The Morgan fingerprint density at radius 2 is 1.69 bits per heavy atom. The minimum atomic E-state index is -6.21. The van der Waals surface area contributed by atoms with Gasteiger partial charge in [-0.15, -0.1) is 0 Å². The number of Topliss-reactive ketones (excluding diaryl/α,β-unsaturated/α-hetero) is 1. The van der Waals surface area contributed by atoms with Gasteiger partial charge >= 0.3 is 15.6 Å². The predicted molar refractivity (Wildman–Crippen MR) is 134 cm³/mol. The highest BCUT2D eigenvalue weighted by Gasteiger charge is 2.57. The van der Waals surface area contributed by atoms with E-state index < -0.39 is 61.2 Å². The molecule has 2 fully saturated rings. The molecule has 218 valence electrons. The molecule has 2 heterocycles. The molecule has 0 unspecified atom stereocenters. The number of hydrogen-bond acceptors (Lipinski definition) is 8. The zero-order valence-corrected chi connectivity index (χ0v) is 23.5. The second-order valence-corrected chi connectivity index (χ2v) is 14.3. The SMILES string of the molecule is COC[C@H]1CC[C@H](C(C)C)[C@@H]2[C@H]1[C@H]1C/C(OS(=O)(=O)C(F)(F)F)=C(/S(=O)(=O)c3ccccc3)CCC(=O)[C@@H]2O1. The van der Waals surface area contributed by atoms with E-state index in [0.29, 0.717) is 13.0 Å². The van der Waals surface area contributed by atoms with E-state index in [1.807, 2.05) is 13.8 Å². The van der Waals surface area contributed by atoms with Crippen LogP contribution in [0.4, 0.5) is 13.2 Å². The Labute approximate surface area is 226 Å². The number of rotatable bonds is 7. The Morgan fingerprint density at radius 1 is 1.03 bits per heavy atom. The highest BCUT2D eigenvalue weighted by molar-refractivity contribution is 7.95. The normalized spacial score (nSPS) is 32.3. The molecule has 1 aromatic carbocycles. The first-order chi connectivity index (χ1) is 18.2. The smallest absolute Gasteiger partial charge is 0.384 e. The van der Waals surface area contributed by atoms with Gasteiger partial charge in [-0.2, -0.15) is 21.6 Å². The summed E-state index contributed by atoms with van der Waals surface area (Å²) in [6.45, 7) is 4.38. The van der Waals surface area contributed by atoms with Crippen molar-refractivity contribution in [1.82, 2.24) is 0 Å². The number of halogens is 3. The van der Waals surface area contributed by atoms with Crippen LogP contribution in [0.2, 0.25) is 0 Å². The standard InChI is InChI=1S/C26H33F3O8S2/c1-15(2)18-10-9-16(14-35-3)23-21-13-20(37-39(33,34)26(27,28)29)22(12-11-19(30)25(36-21)24(18)23)38(31,32)17-7-5-4-6-8-17/h4-8,15-16,18,21,23-25H,9-14H2,1-3H3/b22-20-/t16-,18-,21-,23-,24-,25+/m1/s1. The topological polar surface area (TPSA) is 113 Å². The second kappa shape index (κ2) is 11.1. The highest BCUT2D eigenvalue weighted by atomic mass is 32.2. The van der Waals surface area contributed by atoms with Gasteiger partial charge in [-0.3, -0.25) is 4.79 Å². The van der Waals surface area contributed by atoms with Crippen molar-refractivity contribution in [1.29, 1.82) is 0 Å². The lowest BCUT2D eigenvalue weighted by molar-refractivity contribution is -0.132. The van der Waals surface area contributed by atoms with E-state index in [2.05, 4.69) is 4.18 Å². The maximum Gasteiger partial charge on any atom is 0.534 e. The molecule has 39 heavy (non-hydrogen) atoms. The number of carbonyl (C=O) groups is 1. The molecule has 1 saturated heterocycles. The van der Waals surface area contributed by atoms with Crippen LogP contribution in [0.1, 0.15) is 46.0 Å². The lowest BCUT2D eigenvalue weighted by Crippen LogP contribution is -2.44. The summed E-state index contributed by atoms with van der Waals surface area (Å²) in [5.74, 6) is -1.70. The van der Waals surface area contributed by atoms with Crippen LogP contribution >= 0.6 is 0 Å². The molecule has 2 aliphatic heterocycles. The minimum Gasteiger partial charge on any atom is -0.384 e. The molecule has 3 aliphatic rings. The molecular formula is C26H33F3O8S2. The van der Waals surface area contributed by atoms with E-state index in [-0.39, 0.29) is 46.7 Å². The fraction of sp³-hybridized carbons (Fsp3) is 0.654. The fourth-order valence-electron chi connectivity index (χ4n) is 6.50. The van der Waals surface area contributed by atoms with Crippen LogP contribution in [-0.2, 0) is 38.4 Å². The molecule has 0 radical (unpaired) electrons. The van der Waals surface area contributed by atoms with Gasteiger partial charge in [0.15, 0.2) is 5.78 Å². The van der Waals surface area contributed by atoms with Crippen LogP contribution in [0.25, 0.3) is 0 Å². The molecule has 2 bridgehead atoms. The van der Waals surface area contributed by atoms with Gasteiger partial charge in [0.25, 0.3) is 0 Å².